The zero-order valence-electron chi connectivity index (χ0n) is 11.4. The summed E-state index contributed by atoms with van der Waals surface area (Å²) >= 11 is 0. The SMILES string of the molecule is COc1ccc(S(=O)(=O)NCCS(C)(=O)=O)cc1OC. The maximum Gasteiger partial charge on any atom is 0.240 e. The van der Waals surface area contributed by atoms with Crippen LogP contribution in [-0.4, -0.2) is 49.6 Å². The van der Waals surface area contributed by atoms with Gasteiger partial charge in [-0.1, -0.05) is 0 Å². The summed E-state index contributed by atoms with van der Waals surface area (Å²) in [4.78, 5) is -0.0244. The van der Waals surface area contributed by atoms with Crippen molar-refractivity contribution in [2.24, 2.45) is 0 Å². The topological polar surface area (TPSA) is 98.8 Å². The van der Waals surface area contributed by atoms with Crippen LogP contribution < -0.4 is 14.2 Å². The number of rotatable bonds is 7. The van der Waals surface area contributed by atoms with Crippen molar-refractivity contribution in [2.75, 3.05) is 32.8 Å². The highest BCUT2D eigenvalue weighted by Crippen LogP contribution is 2.29. The van der Waals surface area contributed by atoms with E-state index in [0.29, 0.717) is 5.75 Å². The molecule has 1 rings (SSSR count). The van der Waals surface area contributed by atoms with E-state index >= 15 is 0 Å². The molecule has 0 atom stereocenters. The van der Waals surface area contributed by atoms with E-state index in [4.69, 9.17) is 9.47 Å². The Kier molecular flexibility index (Phi) is 5.37. The van der Waals surface area contributed by atoms with Crippen molar-refractivity contribution in [3.8, 4) is 11.5 Å². The molecule has 0 unspecified atom stereocenters. The van der Waals surface area contributed by atoms with Crippen LogP contribution in [0, 0.1) is 0 Å². The van der Waals surface area contributed by atoms with Gasteiger partial charge in [0.25, 0.3) is 0 Å². The number of hydrogen-bond acceptors (Lipinski definition) is 6. The van der Waals surface area contributed by atoms with Gasteiger partial charge in [-0.05, 0) is 12.1 Å². The molecule has 0 aliphatic rings. The van der Waals surface area contributed by atoms with Gasteiger partial charge in [-0.25, -0.2) is 21.6 Å². The molecule has 7 nitrogen and oxygen atoms in total. The van der Waals surface area contributed by atoms with Crippen LogP contribution in [0.2, 0.25) is 0 Å². The normalized spacial score (nSPS) is 12.2. The second-order valence-electron chi connectivity index (χ2n) is 4.04. The van der Waals surface area contributed by atoms with Crippen LogP contribution in [0.4, 0.5) is 0 Å². The molecule has 1 N–H and O–H groups in total. The Labute approximate surface area is 118 Å². The van der Waals surface area contributed by atoms with Gasteiger partial charge in [0.05, 0.1) is 24.9 Å². The van der Waals surface area contributed by atoms with E-state index in [0.717, 1.165) is 6.26 Å². The third-order valence-corrected chi connectivity index (χ3v) is 4.83. The van der Waals surface area contributed by atoms with Crippen LogP contribution in [0.5, 0.6) is 11.5 Å². The minimum atomic E-state index is -3.79. The molecule has 1 aromatic carbocycles. The molecule has 0 fully saturated rings. The molecule has 0 saturated heterocycles. The molecule has 0 spiro atoms. The first kappa shape index (κ1) is 16.7. The zero-order chi connectivity index (χ0) is 15.4. The van der Waals surface area contributed by atoms with Gasteiger partial charge in [0.15, 0.2) is 11.5 Å². The van der Waals surface area contributed by atoms with E-state index < -0.39 is 19.9 Å². The van der Waals surface area contributed by atoms with Gasteiger partial charge in [0, 0.05) is 18.9 Å². The Morgan fingerprint density at radius 1 is 1.05 bits per heavy atom. The Balaban J connectivity index is 2.93. The standard InChI is InChI=1S/C11H17NO6S2/c1-17-10-5-4-9(8-11(10)18-2)20(15,16)12-6-7-19(3,13)14/h4-5,8,12H,6-7H2,1-3H3. The largest absolute Gasteiger partial charge is 0.493 e. The molecule has 0 saturated carbocycles. The average Bonchev–Trinajstić information content (AvgIpc) is 2.36. The van der Waals surface area contributed by atoms with Crippen LogP contribution in [0.15, 0.2) is 23.1 Å². The first-order valence-electron chi connectivity index (χ1n) is 5.59. The van der Waals surface area contributed by atoms with Crippen LogP contribution in [0.25, 0.3) is 0 Å². The second-order valence-corrected chi connectivity index (χ2v) is 8.07. The van der Waals surface area contributed by atoms with E-state index in [9.17, 15) is 16.8 Å². The summed E-state index contributed by atoms with van der Waals surface area (Å²) in [6.07, 6.45) is 1.04. The molecule has 9 heteroatoms. The van der Waals surface area contributed by atoms with Crippen molar-refractivity contribution >= 4 is 19.9 Å². The van der Waals surface area contributed by atoms with Gasteiger partial charge in [-0.15, -0.1) is 0 Å². The lowest BCUT2D eigenvalue weighted by Crippen LogP contribution is -2.28. The first-order valence-corrected chi connectivity index (χ1v) is 9.13. The first-order chi connectivity index (χ1) is 9.19. The number of nitrogens with one attached hydrogen (secondary N) is 1. The lowest BCUT2D eigenvalue weighted by molar-refractivity contribution is 0.354. The Morgan fingerprint density at radius 3 is 2.15 bits per heavy atom. The molecule has 0 amide bonds. The molecule has 0 heterocycles. The van der Waals surface area contributed by atoms with Crippen LogP contribution in [0.3, 0.4) is 0 Å². The lowest BCUT2D eigenvalue weighted by atomic mass is 10.3. The summed E-state index contributed by atoms with van der Waals surface area (Å²) in [5.41, 5.74) is 0. The maximum atomic E-state index is 12.0. The Hall–Kier alpha value is -1.32. The van der Waals surface area contributed by atoms with E-state index in [1.807, 2.05) is 0 Å². The molecular weight excluding hydrogens is 306 g/mol. The fourth-order valence-corrected chi connectivity index (χ4v) is 3.08. The van der Waals surface area contributed by atoms with Crippen molar-refractivity contribution in [1.82, 2.24) is 4.72 Å². The number of ether oxygens (including phenoxy) is 2. The smallest absolute Gasteiger partial charge is 0.240 e. The van der Waals surface area contributed by atoms with Crippen LogP contribution >= 0.6 is 0 Å². The van der Waals surface area contributed by atoms with Gasteiger partial charge < -0.3 is 9.47 Å². The molecule has 0 aromatic heterocycles. The summed E-state index contributed by atoms with van der Waals surface area (Å²) in [6.45, 7) is -0.185. The fraction of sp³-hybridized carbons (Fsp3) is 0.455. The number of sulfone groups is 1. The second kappa shape index (κ2) is 6.42. The minimum Gasteiger partial charge on any atom is -0.493 e. The number of hydrogen-bond donors (Lipinski definition) is 1. The van der Waals surface area contributed by atoms with Crippen LogP contribution in [0.1, 0.15) is 0 Å². The van der Waals surface area contributed by atoms with Crippen molar-refractivity contribution in [1.29, 1.82) is 0 Å². The Bertz CT molecular complexity index is 666. The molecule has 0 radical (unpaired) electrons. The number of benzene rings is 1. The highest BCUT2D eigenvalue weighted by molar-refractivity contribution is 7.91. The third-order valence-electron chi connectivity index (χ3n) is 2.43. The van der Waals surface area contributed by atoms with Gasteiger partial charge >= 0.3 is 0 Å². The monoisotopic (exact) mass is 323 g/mol. The van der Waals surface area contributed by atoms with Gasteiger partial charge in [0.2, 0.25) is 10.0 Å². The molecule has 114 valence electrons. The lowest BCUT2D eigenvalue weighted by Gasteiger charge is -2.10. The Morgan fingerprint density at radius 2 is 1.65 bits per heavy atom. The van der Waals surface area contributed by atoms with E-state index in [1.54, 1.807) is 0 Å². The summed E-state index contributed by atoms with van der Waals surface area (Å²) in [6, 6.07) is 4.12. The van der Waals surface area contributed by atoms with E-state index in [-0.39, 0.29) is 22.9 Å². The van der Waals surface area contributed by atoms with E-state index in [2.05, 4.69) is 4.72 Å². The summed E-state index contributed by atoms with van der Waals surface area (Å²) < 4.78 is 58.1. The maximum absolute atomic E-state index is 12.0. The zero-order valence-corrected chi connectivity index (χ0v) is 13.0. The number of methoxy groups -OCH3 is 2. The van der Waals surface area contributed by atoms with Crippen molar-refractivity contribution in [2.45, 2.75) is 4.90 Å². The minimum absolute atomic E-state index is 0.0244. The van der Waals surface area contributed by atoms with Gasteiger partial charge in [0.1, 0.15) is 9.84 Å². The van der Waals surface area contributed by atoms with Crippen molar-refractivity contribution < 1.29 is 26.3 Å². The van der Waals surface area contributed by atoms with Crippen molar-refractivity contribution in [3.05, 3.63) is 18.2 Å². The quantitative estimate of drug-likeness (QED) is 0.760. The molecule has 0 bridgehead atoms. The predicted molar refractivity (Wildman–Crippen MR) is 74.4 cm³/mol. The molecule has 1 aromatic rings. The average molecular weight is 323 g/mol. The van der Waals surface area contributed by atoms with Gasteiger partial charge in [-0.3, -0.25) is 0 Å². The molecular formula is C11H17NO6S2. The third kappa shape index (κ3) is 4.66. The molecule has 0 aliphatic carbocycles. The summed E-state index contributed by atoms with van der Waals surface area (Å²) in [5, 5.41) is 0. The van der Waals surface area contributed by atoms with Gasteiger partial charge in [-0.2, -0.15) is 0 Å². The molecule has 20 heavy (non-hydrogen) atoms. The molecule has 0 aliphatic heterocycles. The van der Waals surface area contributed by atoms with E-state index in [1.165, 1.54) is 32.4 Å². The van der Waals surface area contributed by atoms with Crippen LogP contribution in [-0.2, 0) is 19.9 Å². The predicted octanol–water partition coefficient (Wildman–Crippen LogP) is 0.0267. The number of sulfonamides is 1. The highest BCUT2D eigenvalue weighted by atomic mass is 32.2. The summed E-state index contributed by atoms with van der Waals surface area (Å²) in [7, 11) is -4.18. The fourth-order valence-electron chi connectivity index (χ4n) is 1.43. The highest BCUT2D eigenvalue weighted by Gasteiger charge is 2.17. The summed E-state index contributed by atoms with van der Waals surface area (Å²) in [5.74, 6) is 0.417. The van der Waals surface area contributed by atoms with Crippen molar-refractivity contribution in [3.63, 3.8) is 0 Å².